The second-order valence-electron chi connectivity index (χ2n) is 8.31. The van der Waals surface area contributed by atoms with Crippen molar-refractivity contribution in [3.63, 3.8) is 0 Å². The molecule has 0 bridgehead atoms. The molecule has 28 heavy (non-hydrogen) atoms. The van der Waals surface area contributed by atoms with E-state index in [9.17, 15) is 0 Å². The van der Waals surface area contributed by atoms with Crippen molar-refractivity contribution in [1.29, 1.82) is 0 Å². The van der Waals surface area contributed by atoms with Crippen LogP contribution in [0.4, 0.5) is 0 Å². The van der Waals surface area contributed by atoms with E-state index in [0.29, 0.717) is 5.92 Å². The molecule has 0 saturated carbocycles. The number of hydrogen-bond donors (Lipinski definition) is 0. The highest BCUT2D eigenvalue weighted by Crippen LogP contribution is 2.34. The zero-order valence-electron chi connectivity index (χ0n) is 20.0. The van der Waals surface area contributed by atoms with Gasteiger partial charge >= 0.3 is 0 Å². The second kappa shape index (κ2) is 20.2. The molecule has 0 saturated heterocycles. The standard InChI is InChI=1S/C25H52O3/c1-6-10-14-15-16-17-21-24(20-13-9-4)25(26-5,27-22-18-11-7-2)28-23-19-12-8-3/h24H,6-23H2,1-5H3. The number of methoxy groups -OCH3 is 1. The molecule has 0 aliphatic heterocycles. The van der Waals surface area contributed by atoms with E-state index in [4.69, 9.17) is 14.2 Å². The lowest BCUT2D eigenvalue weighted by Crippen LogP contribution is -2.46. The average Bonchev–Trinajstić information content (AvgIpc) is 2.72. The van der Waals surface area contributed by atoms with E-state index in [0.717, 1.165) is 38.9 Å². The summed E-state index contributed by atoms with van der Waals surface area (Å²) in [5.41, 5.74) is 0. The third-order valence-electron chi connectivity index (χ3n) is 5.70. The van der Waals surface area contributed by atoms with E-state index in [1.807, 2.05) is 0 Å². The van der Waals surface area contributed by atoms with Crippen LogP contribution in [0.3, 0.4) is 0 Å². The maximum Gasteiger partial charge on any atom is 0.285 e. The summed E-state index contributed by atoms with van der Waals surface area (Å²) >= 11 is 0. The van der Waals surface area contributed by atoms with Crippen molar-refractivity contribution in [2.24, 2.45) is 5.92 Å². The number of unbranched alkanes of at least 4 members (excludes halogenated alkanes) is 10. The van der Waals surface area contributed by atoms with E-state index in [-0.39, 0.29) is 0 Å². The van der Waals surface area contributed by atoms with Gasteiger partial charge in [-0.1, -0.05) is 105 Å². The minimum Gasteiger partial charge on any atom is -0.331 e. The second-order valence-corrected chi connectivity index (χ2v) is 8.31. The third-order valence-corrected chi connectivity index (χ3v) is 5.70. The number of rotatable bonds is 22. The lowest BCUT2D eigenvalue weighted by atomic mass is 9.92. The minimum absolute atomic E-state index is 0.326. The Morgan fingerprint density at radius 2 is 0.964 bits per heavy atom. The topological polar surface area (TPSA) is 27.7 Å². The Hall–Kier alpha value is -0.120. The Labute approximate surface area is 177 Å². The van der Waals surface area contributed by atoms with Crippen LogP contribution in [0.5, 0.6) is 0 Å². The Kier molecular flexibility index (Phi) is 20.1. The van der Waals surface area contributed by atoms with Gasteiger partial charge in [-0.15, -0.1) is 0 Å². The highest BCUT2D eigenvalue weighted by atomic mass is 16.9. The zero-order valence-corrected chi connectivity index (χ0v) is 20.0. The lowest BCUT2D eigenvalue weighted by Gasteiger charge is -2.39. The van der Waals surface area contributed by atoms with Crippen LogP contribution < -0.4 is 0 Å². The van der Waals surface area contributed by atoms with Crippen molar-refractivity contribution in [1.82, 2.24) is 0 Å². The summed E-state index contributed by atoms with van der Waals surface area (Å²) in [6.07, 6.45) is 19.6. The summed E-state index contributed by atoms with van der Waals surface area (Å²) in [5.74, 6) is -0.521. The monoisotopic (exact) mass is 400 g/mol. The van der Waals surface area contributed by atoms with Crippen molar-refractivity contribution in [3.05, 3.63) is 0 Å². The van der Waals surface area contributed by atoms with Crippen LogP contribution in [0.15, 0.2) is 0 Å². The highest BCUT2D eigenvalue weighted by molar-refractivity contribution is 4.73. The fourth-order valence-corrected chi connectivity index (χ4v) is 3.81. The summed E-state index contributed by atoms with van der Waals surface area (Å²) in [4.78, 5) is 0. The zero-order chi connectivity index (χ0) is 20.9. The summed E-state index contributed by atoms with van der Waals surface area (Å²) in [6.45, 7) is 10.5. The van der Waals surface area contributed by atoms with E-state index in [2.05, 4.69) is 27.7 Å². The lowest BCUT2D eigenvalue weighted by molar-refractivity contribution is -0.398. The van der Waals surface area contributed by atoms with Gasteiger partial charge in [-0.3, -0.25) is 0 Å². The highest BCUT2D eigenvalue weighted by Gasteiger charge is 2.41. The summed E-state index contributed by atoms with van der Waals surface area (Å²) < 4.78 is 18.8. The molecule has 0 aromatic rings. The Morgan fingerprint density at radius 3 is 1.46 bits per heavy atom. The largest absolute Gasteiger partial charge is 0.331 e. The maximum absolute atomic E-state index is 6.37. The van der Waals surface area contributed by atoms with Gasteiger partial charge in [-0.25, -0.2) is 0 Å². The first kappa shape index (κ1) is 27.9. The van der Waals surface area contributed by atoms with Crippen LogP contribution in [-0.2, 0) is 14.2 Å². The fraction of sp³-hybridized carbons (Fsp3) is 1.00. The quantitative estimate of drug-likeness (QED) is 0.135. The van der Waals surface area contributed by atoms with Crippen molar-refractivity contribution in [3.8, 4) is 0 Å². The minimum atomic E-state index is -0.847. The van der Waals surface area contributed by atoms with Crippen LogP contribution >= 0.6 is 0 Å². The normalized spacial score (nSPS) is 13.2. The Balaban J connectivity index is 4.90. The molecular formula is C25H52O3. The van der Waals surface area contributed by atoms with Crippen molar-refractivity contribution in [2.75, 3.05) is 20.3 Å². The Morgan fingerprint density at radius 1 is 0.536 bits per heavy atom. The van der Waals surface area contributed by atoms with E-state index in [1.165, 1.54) is 77.0 Å². The molecule has 0 N–H and O–H groups in total. The van der Waals surface area contributed by atoms with Crippen molar-refractivity contribution in [2.45, 2.75) is 136 Å². The molecule has 0 aliphatic carbocycles. The molecule has 0 fully saturated rings. The predicted octanol–water partition coefficient (Wildman–Crippen LogP) is 8.26. The molecule has 0 amide bonds. The molecule has 0 radical (unpaired) electrons. The molecule has 0 aromatic carbocycles. The first-order valence-electron chi connectivity index (χ1n) is 12.5. The molecule has 170 valence electrons. The summed E-state index contributed by atoms with van der Waals surface area (Å²) in [7, 11) is 1.78. The molecule has 1 unspecified atom stereocenters. The smallest absolute Gasteiger partial charge is 0.285 e. The number of ether oxygens (including phenoxy) is 3. The van der Waals surface area contributed by atoms with Crippen molar-refractivity contribution >= 4 is 0 Å². The van der Waals surface area contributed by atoms with Crippen LogP contribution in [0, 0.1) is 5.92 Å². The van der Waals surface area contributed by atoms with Crippen LogP contribution in [0.25, 0.3) is 0 Å². The first-order chi connectivity index (χ1) is 13.7. The van der Waals surface area contributed by atoms with E-state index in [1.54, 1.807) is 7.11 Å². The molecule has 0 aliphatic rings. The summed E-state index contributed by atoms with van der Waals surface area (Å²) in [5, 5.41) is 0. The number of hydrogen-bond acceptors (Lipinski definition) is 3. The van der Waals surface area contributed by atoms with Gasteiger partial charge in [-0.05, 0) is 25.7 Å². The van der Waals surface area contributed by atoms with Crippen LogP contribution in [-0.4, -0.2) is 26.3 Å². The van der Waals surface area contributed by atoms with Gasteiger partial charge in [0.1, 0.15) is 0 Å². The van der Waals surface area contributed by atoms with Crippen LogP contribution in [0.1, 0.15) is 130 Å². The average molecular weight is 401 g/mol. The van der Waals surface area contributed by atoms with E-state index < -0.39 is 5.97 Å². The molecule has 0 heterocycles. The van der Waals surface area contributed by atoms with Gasteiger partial charge in [0.25, 0.3) is 5.97 Å². The van der Waals surface area contributed by atoms with Gasteiger partial charge in [0.15, 0.2) is 0 Å². The third kappa shape index (κ3) is 13.2. The van der Waals surface area contributed by atoms with Gasteiger partial charge in [0, 0.05) is 13.0 Å². The maximum atomic E-state index is 6.37. The molecule has 0 rings (SSSR count). The molecular weight excluding hydrogens is 348 g/mol. The molecule has 3 heteroatoms. The first-order valence-corrected chi connectivity index (χ1v) is 12.5. The van der Waals surface area contributed by atoms with E-state index >= 15 is 0 Å². The predicted molar refractivity (Wildman–Crippen MR) is 122 cm³/mol. The van der Waals surface area contributed by atoms with Gasteiger partial charge in [0.2, 0.25) is 0 Å². The van der Waals surface area contributed by atoms with Gasteiger partial charge in [-0.2, -0.15) is 0 Å². The molecule has 3 nitrogen and oxygen atoms in total. The van der Waals surface area contributed by atoms with Gasteiger partial charge in [0.05, 0.1) is 13.2 Å². The van der Waals surface area contributed by atoms with Gasteiger partial charge < -0.3 is 14.2 Å². The summed E-state index contributed by atoms with van der Waals surface area (Å²) in [6, 6.07) is 0. The Bertz CT molecular complexity index is 294. The van der Waals surface area contributed by atoms with Crippen molar-refractivity contribution < 1.29 is 14.2 Å². The molecule has 1 atom stereocenters. The fourth-order valence-electron chi connectivity index (χ4n) is 3.81. The molecule has 0 aromatic heterocycles. The SMILES string of the molecule is CCCCCCCCC(CCCC)C(OC)(OCCCCC)OCCCCC. The van der Waals surface area contributed by atoms with Crippen LogP contribution in [0.2, 0.25) is 0 Å². The molecule has 0 spiro atoms.